The van der Waals surface area contributed by atoms with Crippen LogP contribution in [0.5, 0.6) is 0 Å². The molecule has 0 saturated carbocycles. The summed E-state index contributed by atoms with van der Waals surface area (Å²) < 4.78 is 3.07. The Bertz CT molecular complexity index is 1440. The molecule has 1 amide bonds. The van der Waals surface area contributed by atoms with Crippen molar-refractivity contribution in [2.75, 3.05) is 13.1 Å². The molecule has 2 aromatic carbocycles. The second-order valence-electron chi connectivity index (χ2n) is 9.82. The Kier molecular flexibility index (Phi) is 8.15. The number of nitrogens with zero attached hydrogens (tertiary/aromatic N) is 4. The molecule has 4 aromatic rings. The Morgan fingerprint density at radius 1 is 1.08 bits per heavy atom. The maximum Gasteiger partial charge on any atom is 0.349 e. The summed E-state index contributed by atoms with van der Waals surface area (Å²) in [7, 11) is 0. The number of aryl methyl sites for hydroxylation is 2. The van der Waals surface area contributed by atoms with Crippen molar-refractivity contribution in [3.8, 4) is 0 Å². The highest BCUT2D eigenvalue weighted by atomic mass is 35.5. The largest absolute Gasteiger partial charge is 0.349 e. The van der Waals surface area contributed by atoms with E-state index in [-0.39, 0.29) is 17.5 Å². The van der Waals surface area contributed by atoms with Gasteiger partial charge in [-0.15, -0.1) is 0 Å². The highest BCUT2D eigenvalue weighted by Gasteiger charge is 2.32. The molecular weight excluding hydrogens is 486 g/mol. The first-order valence-corrected chi connectivity index (χ1v) is 13.0. The molecule has 0 spiro atoms. The lowest BCUT2D eigenvalue weighted by Gasteiger charge is -2.36. The summed E-state index contributed by atoms with van der Waals surface area (Å²) in [6, 6.07) is 18.9. The summed E-state index contributed by atoms with van der Waals surface area (Å²) in [4.78, 5) is 29.6. The maximum absolute atomic E-state index is 13.9. The molecule has 0 aliphatic rings. The van der Waals surface area contributed by atoms with Crippen LogP contribution in [0.4, 0.5) is 0 Å². The van der Waals surface area contributed by atoms with Crippen LogP contribution in [0, 0.1) is 19.8 Å². The minimum atomic E-state index is -0.395. The van der Waals surface area contributed by atoms with Crippen molar-refractivity contribution >= 4 is 23.0 Å². The zero-order valence-electron chi connectivity index (χ0n) is 21.8. The Labute approximate surface area is 222 Å². The van der Waals surface area contributed by atoms with Crippen molar-refractivity contribution < 1.29 is 4.79 Å². The number of halogens is 1. The fraction of sp³-hybridized carbons (Fsp3) is 0.345. The van der Waals surface area contributed by atoms with Gasteiger partial charge >= 0.3 is 5.69 Å². The van der Waals surface area contributed by atoms with Gasteiger partial charge in [0.05, 0.1) is 28.8 Å². The molecule has 0 fully saturated rings. The number of hydrogen-bond donors (Lipinski definition) is 1. The van der Waals surface area contributed by atoms with Gasteiger partial charge in [-0.25, -0.2) is 4.79 Å². The van der Waals surface area contributed by atoms with Crippen molar-refractivity contribution in [3.05, 3.63) is 104 Å². The van der Waals surface area contributed by atoms with Crippen LogP contribution in [0.3, 0.4) is 0 Å². The van der Waals surface area contributed by atoms with E-state index in [1.807, 2.05) is 72.5 Å². The molecule has 0 aliphatic carbocycles. The lowest BCUT2D eigenvalue weighted by molar-refractivity contribution is 0.0609. The summed E-state index contributed by atoms with van der Waals surface area (Å²) in [5.41, 5.74) is 10.1. The number of carbonyl (C=O) groups is 1. The monoisotopic (exact) mass is 519 g/mol. The third-order valence-electron chi connectivity index (χ3n) is 6.65. The SMILES string of the molecule is Cc1ccc(C(=O)N(CCCN)[C@@H](c2cc3c(Cl)c(C)nn3c(=O)n2Cc2ccccc2)C(C)C)cc1. The third kappa shape index (κ3) is 5.48. The molecule has 194 valence electrons. The minimum Gasteiger partial charge on any atom is -0.330 e. The van der Waals surface area contributed by atoms with E-state index in [4.69, 9.17) is 17.3 Å². The van der Waals surface area contributed by atoms with E-state index in [0.717, 1.165) is 16.8 Å². The number of fused-ring (bicyclic) bond motifs is 1. The zero-order chi connectivity index (χ0) is 26.7. The van der Waals surface area contributed by atoms with Gasteiger partial charge in [-0.3, -0.25) is 9.36 Å². The minimum absolute atomic E-state index is 0.00107. The number of nitrogens with two attached hydrogens (primary N) is 1. The summed E-state index contributed by atoms with van der Waals surface area (Å²) in [5.74, 6) is -0.0969. The van der Waals surface area contributed by atoms with Crippen molar-refractivity contribution in [2.45, 2.75) is 46.7 Å². The van der Waals surface area contributed by atoms with Gasteiger partial charge in [-0.2, -0.15) is 9.61 Å². The van der Waals surface area contributed by atoms with Crippen LogP contribution in [-0.4, -0.2) is 38.1 Å². The summed E-state index contributed by atoms with van der Waals surface area (Å²) in [5, 5.41) is 4.84. The quantitative estimate of drug-likeness (QED) is 0.337. The first-order chi connectivity index (χ1) is 17.7. The summed E-state index contributed by atoms with van der Waals surface area (Å²) in [6.45, 7) is 9.15. The van der Waals surface area contributed by atoms with E-state index in [1.54, 1.807) is 11.5 Å². The molecule has 0 saturated heterocycles. The van der Waals surface area contributed by atoms with Gasteiger partial charge in [0.15, 0.2) is 0 Å². The smallest absolute Gasteiger partial charge is 0.330 e. The Morgan fingerprint density at radius 3 is 2.38 bits per heavy atom. The molecule has 0 bridgehead atoms. The van der Waals surface area contributed by atoms with Crippen LogP contribution in [-0.2, 0) is 6.54 Å². The number of amides is 1. The fourth-order valence-electron chi connectivity index (χ4n) is 4.76. The van der Waals surface area contributed by atoms with Crippen LogP contribution in [0.1, 0.15) is 59.2 Å². The van der Waals surface area contributed by atoms with Crippen LogP contribution >= 0.6 is 11.6 Å². The molecule has 0 aliphatic heterocycles. The number of rotatable bonds is 9. The van der Waals surface area contributed by atoms with E-state index in [9.17, 15) is 9.59 Å². The van der Waals surface area contributed by atoms with Crippen molar-refractivity contribution in [2.24, 2.45) is 11.7 Å². The maximum atomic E-state index is 13.9. The molecule has 8 heteroatoms. The van der Waals surface area contributed by atoms with Crippen LogP contribution in [0.2, 0.25) is 5.02 Å². The van der Waals surface area contributed by atoms with Crippen LogP contribution in [0.25, 0.3) is 5.52 Å². The van der Waals surface area contributed by atoms with Gasteiger partial charge in [-0.05, 0) is 56.5 Å². The average molecular weight is 520 g/mol. The summed E-state index contributed by atoms with van der Waals surface area (Å²) >= 11 is 6.59. The average Bonchev–Trinajstić information content (AvgIpc) is 3.17. The van der Waals surface area contributed by atoms with Gasteiger partial charge < -0.3 is 10.6 Å². The second kappa shape index (κ2) is 11.3. The third-order valence-corrected chi connectivity index (χ3v) is 7.11. The van der Waals surface area contributed by atoms with Crippen LogP contribution in [0.15, 0.2) is 65.5 Å². The van der Waals surface area contributed by atoms with E-state index < -0.39 is 6.04 Å². The van der Waals surface area contributed by atoms with Gasteiger partial charge in [0, 0.05) is 17.8 Å². The lowest BCUT2D eigenvalue weighted by Crippen LogP contribution is -2.42. The molecular formula is C29H34ClN5O2. The first-order valence-electron chi connectivity index (χ1n) is 12.6. The van der Waals surface area contributed by atoms with E-state index in [2.05, 4.69) is 18.9 Å². The van der Waals surface area contributed by atoms with Gasteiger partial charge in [0.2, 0.25) is 0 Å². The van der Waals surface area contributed by atoms with Crippen molar-refractivity contribution in [1.29, 1.82) is 0 Å². The molecule has 1 atom stereocenters. The molecule has 0 radical (unpaired) electrons. The predicted molar refractivity (Wildman–Crippen MR) is 148 cm³/mol. The van der Waals surface area contributed by atoms with Crippen molar-refractivity contribution in [3.63, 3.8) is 0 Å². The predicted octanol–water partition coefficient (Wildman–Crippen LogP) is 5.00. The first kappa shape index (κ1) is 26.6. The Hall–Kier alpha value is -3.42. The normalized spacial score (nSPS) is 12.3. The molecule has 7 nitrogen and oxygen atoms in total. The van der Waals surface area contributed by atoms with E-state index >= 15 is 0 Å². The lowest BCUT2D eigenvalue weighted by atomic mass is 9.96. The van der Waals surface area contributed by atoms with Gasteiger partial charge in [0.25, 0.3) is 5.91 Å². The molecule has 4 rings (SSSR count). The number of aromatic nitrogens is 3. The molecule has 0 unspecified atom stereocenters. The van der Waals surface area contributed by atoms with Gasteiger partial charge in [0.1, 0.15) is 0 Å². The van der Waals surface area contributed by atoms with Crippen molar-refractivity contribution in [1.82, 2.24) is 19.1 Å². The molecule has 37 heavy (non-hydrogen) atoms. The highest BCUT2D eigenvalue weighted by molar-refractivity contribution is 6.34. The molecule has 2 aromatic heterocycles. The standard InChI is InChI=1S/C29H34ClN5O2/c1-19(2)27(33(16-8-15-31)28(36)23-13-11-20(3)12-14-23)25-17-24-26(30)21(4)32-35(24)29(37)34(25)18-22-9-6-5-7-10-22/h5-7,9-14,17,19,27H,8,15-16,18,31H2,1-4H3/t27-/m1/s1. The van der Waals surface area contributed by atoms with E-state index in [1.165, 1.54) is 4.52 Å². The number of carbonyl (C=O) groups excluding carboxylic acids is 1. The summed E-state index contributed by atoms with van der Waals surface area (Å²) in [6.07, 6.45) is 0.637. The van der Waals surface area contributed by atoms with Crippen LogP contribution < -0.4 is 11.4 Å². The highest BCUT2D eigenvalue weighted by Crippen LogP contribution is 2.32. The van der Waals surface area contributed by atoms with Gasteiger partial charge in [-0.1, -0.05) is 73.5 Å². The second-order valence-corrected chi connectivity index (χ2v) is 10.2. The van der Waals surface area contributed by atoms with E-state index in [0.29, 0.717) is 47.9 Å². The Morgan fingerprint density at radius 2 is 1.76 bits per heavy atom. The Balaban J connectivity index is 1.94. The number of hydrogen-bond acceptors (Lipinski definition) is 4. The molecule has 2 N–H and O–H groups in total. The fourth-order valence-corrected chi connectivity index (χ4v) is 4.93. The zero-order valence-corrected chi connectivity index (χ0v) is 22.6. The molecule has 2 heterocycles. The number of benzene rings is 2. The topological polar surface area (TPSA) is 85.6 Å².